The van der Waals surface area contributed by atoms with Gasteiger partial charge in [0.25, 0.3) is 0 Å². The summed E-state index contributed by atoms with van der Waals surface area (Å²) in [6, 6.07) is 6.07. The van der Waals surface area contributed by atoms with Crippen LogP contribution in [0.5, 0.6) is 0 Å². The van der Waals surface area contributed by atoms with Gasteiger partial charge in [0.15, 0.2) is 0 Å². The van der Waals surface area contributed by atoms with Crippen LogP contribution in [0.2, 0.25) is 0 Å². The van der Waals surface area contributed by atoms with Gasteiger partial charge < -0.3 is 20.3 Å². The molecule has 0 aliphatic carbocycles. The fourth-order valence-corrected chi connectivity index (χ4v) is 6.49. The number of nitrogens with one attached hydrogen (secondary N) is 2. The molecule has 10 heteroatoms. The van der Waals surface area contributed by atoms with Gasteiger partial charge in [0.05, 0.1) is 16.8 Å². The molecule has 3 heterocycles. The normalized spacial score (nSPS) is 13.7. The Balaban J connectivity index is 1.67. The summed E-state index contributed by atoms with van der Waals surface area (Å²) in [6.45, 7) is 10.1. The van der Waals surface area contributed by atoms with Crippen molar-refractivity contribution in [2.45, 2.75) is 52.7 Å². The number of carbonyl (C=O) groups is 2. The van der Waals surface area contributed by atoms with Crippen LogP contribution in [0.1, 0.15) is 44.6 Å². The van der Waals surface area contributed by atoms with Gasteiger partial charge in [0.1, 0.15) is 15.6 Å². The zero-order chi connectivity index (χ0) is 24.5. The number of rotatable bonds is 6. The number of thiophene rings is 1. The molecule has 1 aliphatic heterocycles. The second-order valence-corrected chi connectivity index (χ2v) is 12.2. The maximum Gasteiger partial charge on any atom is 0.410 e. The Labute approximate surface area is 216 Å². The highest BCUT2D eigenvalue weighted by atomic mass is 79.9. The average molecular weight is 566 g/mol. The molecule has 0 fully saturated rings. The Morgan fingerprint density at radius 1 is 1.26 bits per heavy atom. The van der Waals surface area contributed by atoms with E-state index in [0.29, 0.717) is 32.5 Å². The monoisotopic (exact) mass is 564 g/mol. The van der Waals surface area contributed by atoms with Gasteiger partial charge in [0, 0.05) is 34.4 Å². The number of nitrogens with zero attached hydrogens (tertiary/aromatic N) is 2. The Kier molecular flexibility index (Phi) is 7.61. The van der Waals surface area contributed by atoms with E-state index in [-0.39, 0.29) is 12.0 Å². The van der Waals surface area contributed by atoms with Crippen LogP contribution in [0.4, 0.5) is 9.80 Å². The molecule has 0 saturated carbocycles. The van der Waals surface area contributed by atoms with Gasteiger partial charge in [-0.25, -0.2) is 9.78 Å². The number of amides is 2. The lowest BCUT2D eigenvalue weighted by Crippen LogP contribution is -2.39. The van der Waals surface area contributed by atoms with Gasteiger partial charge in [-0.1, -0.05) is 22.9 Å². The Hall–Kier alpha value is -2.01. The Bertz CT molecular complexity index is 1210. The second kappa shape index (κ2) is 10.3. The van der Waals surface area contributed by atoms with Gasteiger partial charge in [-0.3, -0.25) is 4.79 Å². The van der Waals surface area contributed by atoms with E-state index in [2.05, 4.69) is 32.6 Å². The summed E-state index contributed by atoms with van der Waals surface area (Å²) >= 11 is 6.68. The molecule has 2 amide bonds. The standard InChI is InChI=1S/C24H29BrN4O3S2/c1-5-26-10-8-19(30)28-22-20(21-27-16-12-14(25)6-7-17(16)33-21)15-9-11-29(13-18(15)34-22)23(31)32-24(2,3)4/h6-7,12,26H,5,8-11,13H2,1-4H3,(H,28,30). The number of hydrogen-bond donors (Lipinski definition) is 2. The molecular weight excluding hydrogens is 536 g/mol. The first-order valence-electron chi connectivity index (χ1n) is 11.3. The maximum atomic E-state index is 12.7. The predicted octanol–water partition coefficient (Wildman–Crippen LogP) is 6.02. The van der Waals surface area contributed by atoms with E-state index in [9.17, 15) is 9.59 Å². The third-order valence-corrected chi connectivity index (χ3v) is 7.98. The largest absolute Gasteiger partial charge is 0.444 e. The zero-order valence-corrected chi connectivity index (χ0v) is 23.0. The third-order valence-electron chi connectivity index (χ3n) is 5.30. The summed E-state index contributed by atoms with van der Waals surface area (Å²) < 4.78 is 7.66. The molecule has 0 saturated heterocycles. The molecular formula is C24H29BrN4O3S2. The molecule has 1 aromatic carbocycles. The van der Waals surface area contributed by atoms with Crippen molar-refractivity contribution in [3.63, 3.8) is 0 Å². The summed E-state index contributed by atoms with van der Waals surface area (Å²) in [5.74, 6) is -0.0337. The van der Waals surface area contributed by atoms with Crippen LogP contribution in [0, 0.1) is 0 Å². The second-order valence-electron chi connectivity index (χ2n) is 9.14. The molecule has 3 aromatic rings. The number of ether oxygens (including phenoxy) is 1. The first-order chi connectivity index (χ1) is 16.1. The lowest BCUT2D eigenvalue weighted by molar-refractivity contribution is -0.116. The van der Waals surface area contributed by atoms with E-state index in [0.717, 1.165) is 47.2 Å². The van der Waals surface area contributed by atoms with Crippen LogP contribution >= 0.6 is 38.6 Å². The number of aromatic nitrogens is 1. The maximum absolute atomic E-state index is 12.7. The number of halogens is 1. The topological polar surface area (TPSA) is 83.6 Å². The van der Waals surface area contributed by atoms with Gasteiger partial charge in [-0.2, -0.15) is 0 Å². The predicted molar refractivity (Wildman–Crippen MR) is 143 cm³/mol. The first kappa shape index (κ1) is 25.1. The summed E-state index contributed by atoms with van der Waals surface area (Å²) in [6.07, 6.45) is 0.772. The van der Waals surface area contributed by atoms with Gasteiger partial charge >= 0.3 is 6.09 Å². The van der Waals surface area contributed by atoms with Crippen molar-refractivity contribution in [3.05, 3.63) is 33.1 Å². The van der Waals surface area contributed by atoms with Gasteiger partial charge in [-0.15, -0.1) is 22.7 Å². The van der Waals surface area contributed by atoms with Crippen molar-refractivity contribution in [1.82, 2.24) is 15.2 Å². The number of carbonyl (C=O) groups excluding carboxylic acids is 2. The molecule has 0 bridgehead atoms. The number of anilines is 1. The van der Waals surface area contributed by atoms with E-state index >= 15 is 0 Å². The summed E-state index contributed by atoms with van der Waals surface area (Å²) in [7, 11) is 0. The van der Waals surface area contributed by atoms with Crippen molar-refractivity contribution in [2.75, 3.05) is 25.0 Å². The number of thiazole rings is 1. The summed E-state index contributed by atoms with van der Waals surface area (Å²) in [5, 5.41) is 8.00. The minimum Gasteiger partial charge on any atom is -0.444 e. The minimum absolute atomic E-state index is 0.0337. The highest BCUT2D eigenvalue weighted by Gasteiger charge is 2.31. The smallest absolute Gasteiger partial charge is 0.410 e. The molecule has 2 N–H and O–H groups in total. The van der Waals surface area contributed by atoms with Crippen LogP contribution in [0.15, 0.2) is 22.7 Å². The molecule has 0 spiro atoms. The average Bonchev–Trinajstić information content (AvgIpc) is 3.31. The molecule has 0 atom stereocenters. The molecule has 0 unspecified atom stereocenters. The molecule has 1 aliphatic rings. The molecule has 4 rings (SSSR count). The number of fused-ring (bicyclic) bond motifs is 2. The minimum atomic E-state index is -0.543. The van der Waals surface area contributed by atoms with Crippen molar-refractivity contribution >= 4 is 65.8 Å². The molecule has 34 heavy (non-hydrogen) atoms. The Morgan fingerprint density at radius 3 is 2.79 bits per heavy atom. The number of hydrogen-bond acceptors (Lipinski definition) is 7. The highest BCUT2D eigenvalue weighted by molar-refractivity contribution is 9.10. The van der Waals surface area contributed by atoms with E-state index in [1.165, 1.54) is 11.3 Å². The molecule has 182 valence electrons. The number of benzene rings is 1. The van der Waals surface area contributed by atoms with Crippen LogP contribution in [0.3, 0.4) is 0 Å². The van der Waals surface area contributed by atoms with Crippen LogP contribution < -0.4 is 10.6 Å². The van der Waals surface area contributed by atoms with E-state index in [4.69, 9.17) is 9.72 Å². The van der Waals surface area contributed by atoms with Crippen molar-refractivity contribution in [2.24, 2.45) is 0 Å². The lowest BCUT2D eigenvalue weighted by atomic mass is 10.0. The SMILES string of the molecule is CCNCCC(=O)Nc1sc2c(c1-c1nc3cc(Br)ccc3s1)CCN(C(=O)OC(C)(C)C)C2. The van der Waals surface area contributed by atoms with E-state index in [1.807, 2.05) is 39.8 Å². The Morgan fingerprint density at radius 2 is 2.06 bits per heavy atom. The zero-order valence-electron chi connectivity index (χ0n) is 19.8. The summed E-state index contributed by atoms with van der Waals surface area (Å²) in [5.41, 5.74) is 2.52. The van der Waals surface area contributed by atoms with Crippen molar-refractivity contribution in [3.8, 4) is 10.6 Å². The van der Waals surface area contributed by atoms with Crippen LogP contribution in [-0.2, 0) is 22.5 Å². The van der Waals surface area contributed by atoms with Crippen molar-refractivity contribution < 1.29 is 14.3 Å². The molecule has 7 nitrogen and oxygen atoms in total. The van der Waals surface area contributed by atoms with Gasteiger partial charge in [-0.05, 0) is 57.5 Å². The van der Waals surface area contributed by atoms with E-state index < -0.39 is 5.60 Å². The van der Waals surface area contributed by atoms with E-state index in [1.54, 1.807) is 16.2 Å². The fourth-order valence-electron chi connectivity index (χ4n) is 3.78. The summed E-state index contributed by atoms with van der Waals surface area (Å²) in [4.78, 5) is 33.1. The molecule has 0 radical (unpaired) electrons. The van der Waals surface area contributed by atoms with Gasteiger partial charge in [0.2, 0.25) is 5.91 Å². The lowest BCUT2D eigenvalue weighted by Gasteiger charge is -2.30. The fraction of sp³-hybridized carbons (Fsp3) is 0.458. The quantitative estimate of drug-likeness (QED) is 0.358. The third kappa shape index (κ3) is 5.79. The van der Waals surface area contributed by atoms with Crippen molar-refractivity contribution in [1.29, 1.82) is 0 Å². The van der Waals surface area contributed by atoms with Crippen LogP contribution in [-0.4, -0.2) is 47.1 Å². The molecule has 2 aromatic heterocycles. The highest BCUT2D eigenvalue weighted by Crippen LogP contribution is 2.46. The van der Waals surface area contributed by atoms with Crippen LogP contribution in [0.25, 0.3) is 20.8 Å². The first-order valence-corrected chi connectivity index (χ1v) is 13.8.